The summed E-state index contributed by atoms with van der Waals surface area (Å²) < 4.78 is 6.46. The van der Waals surface area contributed by atoms with Gasteiger partial charge in [0.25, 0.3) is 0 Å². The molecule has 6 nitrogen and oxygen atoms in total. The van der Waals surface area contributed by atoms with E-state index in [0.29, 0.717) is 17.3 Å². The van der Waals surface area contributed by atoms with Crippen LogP contribution in [0.15, 0.2) is 82.6 Å². The van der Waals surface area contributed by atoms with Gasteiger partial charge in [0, 0.05) is 26.6 Å². The van der Waals surface area contributed by atoms with Crippen LogP contribution in [0.2, 0.25) is 5.02 Å². The highest BCUT2D eigenvalue weighted by atomic mass is 35.5. The number of carbonyl (C=O) groups excluding carboxylic acids is 2. The van der Waals surface area contributed by atoms with Gasteiger partial charge in [-0.3, -0.25) is 19.3 Å². The van der Waals surface area contributed by atoms with Gasteiger partial charge in [-0.05, 0) is 67.0 Å². The number of carbonyl (C=O) groups is 2. The van der Waals surface area contributed by atoms with E-state index in [4.69, 9.17) is 16.3 Å². The molecule has 2 bridgehead atoms. The molecule has 2 aliphatic heterocycles. The smallest absolute Gasteiger partial charge is 0.305 e. The maximum absolute atomic E-state index is 14.0. The Morgan fingerprint density at radius 2 is 1.71 bits per heavy atom. The molecule has 42 heavy (non-hydrogen) atoms. The molecular formula is C33H27ClN2O4S2. The van der Waals surface area contributed by atoms with Gasteiger partial charge in [-0.1, -0.05) is 71.0 Å². The number of halogens is 1. The number of aromatic nitrogens is 1. The van der Waals surface area contributed by atoms with E-state index in [0.717, 1.165) is 33.2 Å². The summed E-state index contributed by atoms with van der Waals surface area (Å²) >= 11 is 9.05. The number of anilines is 1. The monoisotopic (exact) mass is 614 g/mol. The van der Waals surface area contributed by atoms with Gasteiger partial charge in [-0.15, -0.1) is 11.8 Å². The molecular weight excluding hydrogens is 588 g/mol. The van der Waals surface area contributed by atoms with Gasteiger partial charge in [0.1, 0.15) is 12.4 Å². The molecule has 7 atom stereocenters. The zero-order valence-electron chi connectivity index (χ0n) is 22.7. The molecule has 0 spiro atoms. The van der Waals surface area contributed by atoms with Crippen LogP contribution in [0.5, 0.6) is 5.75 Å². The third kappa shape index (κ3) is 3.95. The molecule has 4 aliphatic rings. The molecule has 2 aliphatic carbocycles. The largest absolute Gasteiger partial charge is 0.489 e. The summed E-state index contributed by atoms with van der Waals surface area (Å²) in [6.45, 7) is 2.50. The number of aromatic amines is 1. The van der Waals surface area contributed by atoms with E-state index in [1.165, 1.54) is 21.8 Å². The molecule has 4 aromatic rings. The molecule has 3 heterocycles. The van der Waals surface area contributed by atoms with Crippen LogP contribution in [0.3, 0.4) is 0 Å². The first kappa shape index (κ1) is 26.3. The number of thioether (sulfide) groups is 1. The number of nitrogens with zero attached hydrogens (tertiary/aromatic N) is 1. The Labute approximate surface area is 256 Å². The summed E-state index contributed by atoms with van der Waals surface area (Å²) in [6, 6.07) is 23.3. The number of rotatable bonds is 5. The Kier molecular flexibility index (Phi) is 6.18. The summed E-state index contributed by atoms with van der Waals surface area (Å²) in [5.74, 6) is -0.0430. The van der Waals surface area contributed by atoms with Crippen molar-refractivity contribution in [3.8, 4) is 5.75 Å². The fourth-order valence-corrected chi connectivity index (χ4v) is 11.0. The Morgan fingerprint density at radius 3 is 2.50 bits per heavy atom. The van der Waals surface area contributed by atoms with Crippen molar-refractivity contribution in [3.05, 3.63) is 109 Å². The number of benzene rings is 3. The maximum Gasteiger partial charge on any atom is 0.305 e. The highest BCUT2D eigenvalue weighted by Gasteiger charge is 2.69. The number of imide groups is 1. The van der Waals surface area contributed by atoms with Gasteiger partial charge in [-0.2, -0.15) is 0 Å². The number of thiazole rings is 1. The van der Waals surface area contributed by atoms with E-state index < -0.39 is 0 Å². The van der Waals surface area contributed by atoms with Crippen molar-refractivity contribution in [2.75, 3.05) is 4.90 Å². The standard InChI is InChI=1S/C33H27ClN2O4S2/c1-16-5-4-6-17(13-16)15-40-23-8-3-2-7-20(23)24-25-21-14-22(28(25)41-30-29(24)42-33(39)35-30)27-26(21)31(37)36(32(27)38)19-11-9-18(34)10-12-19/h2-13,21-22,24-28H,14-15H2,1H3,(H,35,39)/t21?,22?,24-,25?,26?,27?,28?/m1/s1. The lowest BCUT2D eigenvalue weighted by Gasteiger charge is -2.43. The average molecular weight is 615 g/mol. The van der Waals surface area contributed by atoms with Gasteiger partial charge in [0.2, 0.25) is 11.8 Å². The minimum atomic E-state index is -0.361. The van der Waals surface area contributed by atoms with Crippen LogP contribution in [0.25, 0.3) is 0 Å². The summed E-state index contributed by atoms with van der Waals surface area (Å²) in [4.78, 5) is 45.9. The molecule has 9 heteroatoms. The van der Waals surface area contributed by atoms with Gasteiger partial charge >= 0.3 is 4.87 Å². The van der Waals surface area contributed by atoms with Crippen molar-refractivity contribution >= 4 is 52.2 Å². The van der Waals surface area contributed by atoms with Crippen LogP contribution in [0, 0.1) is 36.5 Å². The number of H-pyrrole nitrogens is 1. The highest BCUT2D eigenvalue weighted by molar-refractivity contribution is 8.00. The van der Waals surface area contributed by atoms with Crippen molar-refractivity contribution in [3.63, 3.8) is 0 Å². The summed E-state index contributed by atoms with van der Waals surface area (Å²) in [5, 5.41) is 1.57. The Bertz CT molecular complexity index is 1800. The van der Waals surface area contributed by atoms with Gasteiger partial charge in [0.15, 0.2) is 0 Å². The fourth-order valence-electron chi connectivity index (χ4n) is 8.04. The van der Waals surface area contributed by atoms with Crippen LogP contribution in [0.4, 0.5) is 5.69 Å². The Balaban J connectivity index is 1.18. The van der Waals surface area contributed by atoms with Crippen molar-refractivity contribution < 1.29 is 14.3 Å². The third-order valence-electron chi connectivity index (χ3n) is 9.54. The number of aryl methyl sites for hydroxylation is 1. The van der Waals surface area contributed by atoms with E-state index in [9.17, 15) is 14.4 Å². The second-order valence-electron chi connectivity index (χ2n) is 11.8. The van der Waals surface area contributed by atoms with Crippen LogP contribution < -0.4 is 14.5 Å². The fraction of sp³-hybridized carbons (Fsp3) is 0.303. The number of amides is 2. The topological polar surface area (TPSA) is 79.5 Å². The minimum Gasteiger partial charge on any atom is -0.489 e. The van der Waals surface area contributed by atoms with Crippen molar-refractivity contribution in [2.45, 2.75) is 36.1 Å². The average Bonchev–Trinajstić information content (AvgIpc) is 3.72. The molecule has 2 amide bonds. The minimum absolute atomic E-state index is 0.0337. The molecule has 1 aromatic heterocycles. The lowest BCUT2D eigenvalue weighted by molar-refractivity contribution is -0.123. The van der Waals surface area contributed by atoms with Gasteiger partial charge in [-0.25, -0.2) is 0 Å². The predicted octanol–water partition coefficient (Wildman–Crippen LogP) is 6.66. The summed E-state index contributed by atoms with van der Waals surface area (Å²) in [6.07, 6.45) is 0.839. The lowest BCUT2D eigenvalue weighted by Crippen LogP contribution is -2.42. The number of hydrogen-bond donors (Lipinski definition) is 1. The molecule has 6 unspecified atom stereocenters. The van der Waals surface area contributed by atoms with Crippen LogP contribution in [0.1, 0.15) is 33.9 Å². The van der Waals surface area contributed by atoms with Crippen molar-refractivity contribution in [2.24, 2.45) is 29.6 Å². The van der Waals surface area contributed by atoms with Crippen LogP contribution >= 0.6 is 34.7 Å². The number of para-hydroxylation sites is 1. The molecule has 0 radical (unpaired) electrons. The summed E-state index contributed by atoms with van der Waals surface area (Å²) in [7, 11) is 0. The van der Waals surface area contributed by atoms with Gasteiger partial charge < -0.3 is 9.72 Å². The third-order valence-corrected chi connectivity index (χ3v) is 12.4. The van der Waals surface area contributed by atoms with Crippen molar-refractivity contribution in [1.29, 1.82) is 0 Å². The molecule has 1 saturated heterocycles. The van der Waals surface area contributed by atoms with Crippen LogP contribution in [-0.2, 0) is 16.2 Å². The molecule has 2 saturated carbocycles. The Hall–Kier alpha value is -3.33. The Morgan fingerprint density at radius 1 is 0.952 bits per heavy atom. The second-order valence-corrected chi connectivity index (χ2v) is 14.4. The molecule has 3 fully saturated rings. The predicted molar refractivity (Wildman–Crippen MR) is 164 cm³/mol. The van der Waals surface area contributed by atoms with E-state index in [2.05, 4.69) is 36.2 Å². The lowest BCUT2D eigenvalue weighted by atomic mass is 9.68. The second kappa shape index (κ2) is 9.86. The van der Waals surface area contributed by atoms with E-state index in [1.54, 1.807) is 36.0 Å². The van der Waals surface area contributed by atoms with Crippen LogP contribution in [-0.4, -0.2) is 22.0 Å². The zero-order chi connectivity index (χ0) is 28.7. The van der Waals surface area contributed by atoms with E-state index in [-0.39, 0.29) is 57.4 Å². The number of nitrogens with one attached hydrogen (secondary N) is 1. The number of ether oxygens (including phenoxy) is 1. The number of hydrogen-bond acceptors (Lipinski definition) is 6. The molecule has 3 aromatic carbocycles. The maximum atomic E-state index is 14.0. The highest BCUT2D eigenvalue weighted by Crippen LogP contribution is 2.69. The van der Waals surface area contributed by atoms with Crippen molar-refractivity contribution in [1.82, 2.24) is 4.98 Å². The first-order valence-electron chi connectivity index (χ1n) is 14.2. The molecule has 8 rings (SSSR count). The summed E-state index contributed by atoms with van der Waals surface area (Å²) in [5.41, 5.74) is 3.88. The zero-order valence-corrected chi connectivity index (χ0v) is 25.0. The van der Waals surface area contributed by atoms with E-state index in [1.807, 2.05) is 24.3 Å². The number of fused-ring (bicyclic) bond motifs is 9. The van der Waals surface area contributed by atoms with E-state index >= 15 is 0 Å². The van der Waals surface area contributed by atoms with Gasteiger partial charge in [0.05, 0.1) is 22.5 Å². The first-order chi connectivity index (χ1) is 20.4. The quantitative estimate of drug-likeness (QED) is 0.255. The normalized spacial score (nSPS) is 29.0. The molecule has 212 valence electrons. The molecule has 1 N–H and O–H groups in total. The SMILES string of the molecule is Cc1cccc(COc2ccccc2[C@H]2c3sc(=O)[nH]c3SC3C4CC(C5C(=O)N(c6ccc(Cl)cc6)C(=O)C45)C32)c1. The first-order valence-corrected chi connectivity index (χ1v) is 16.3.